The maximum atomic E-state index is 11.8. The van der Waals surface area contributed by atoms with Crippen molar-refractivity contribution in [2.45, 2.75) is 20.3 Å². The van der Waals surface area contributed by atoms with Gasteiger partial charge in [0.15, 0.2) is 0 Å². The molecule has 2 aromatic rings. The summed E-state index contributed by atoms with van der Waals surface area (Å²) in [6, 6.07) is 9.61. The number of rotatable bonds is 6. The van der Waals surface area contributed by atoms with Crippen LogP contribution in [0.3, 0.4) is 0 Å². The highest BCUT2D eigenvalue weighted by Gasteiger charge is 2.17. The van der Waals surface area contributed by atoms with Gasteiger partial charge in [-0.25, -0.2) is 0 Å². The van der Waals surface area contributed by atoms with Crippen LogP contribution in [0.1, 0.15) is 26.0 Å². The van der Waals surface area contributed by atoms with Crippen molar-refractivity contribution in [2.75, 3.05) is 13.2 Å². The number of nitrogens with one attached hydrogen (secondary N) is 1. The first-order valence-electron chi connectivity index (χ1n) is 7.05. The second-order valence-electron chi connectivity index (χ2n) is 5.88. The molecule has 0 saturated heterocycles. The van der Waals surface area contributed by atoms with Crippen molar-refractivity contribution < 1.29 is 14.3 Å². The Morgan fingerprint density at radius 3 is 2.86 bits per heavy atom. The SMILES string of the molecule is CC(C)(CCO)CNC(=O)/C=C/c1cc2ccccc2o1. The van der Waals surface area contributed by atoms with Crippen LogP contribution in [-0.2, 0) is 4.79 Å². The van der Waals surface area contributed by atoms with E-state index in [4.69, 9.17) is 9.52 Å². The third kappa shape index (κ3) is 4.46. The molecule has 0 spiro atoms. The van der Waals surface area contributed by atoms with Gasteiger partial charge in [-0.2, -0.15) is 0 Å². The Bertz CT molecular complexity index is 607. The molecule has 2 rings (SSSR count). The average molecular weight is 287 g/mol. The van der Waals surface area contributed by atoms with Gasteiger partial charge in [-0.15, -0.1) is 0 Å². The molecule has 4 nitrogen and oxygen atoms in total. The molecular weight excluding hydrogens is 266 g/mol. The first-order chi connectivity index (χ1) is 10.00. The highest BCUT2D eigenvalue weighted by atomic mass is 16.3. The highest BCUT2D eigenvalue weighted by molar-refractivity contribution is 5.92. The molecule has 21 heavy (non-hydrogen) atoms. The van der Waals surface area contributed by atoms with Crippen LogP contribution in [-0.4, -0.2) is 24.2 Å². The number of hydrogen-bond donors (Lipinski definition) is 2. The van der Waals surface area contributed by atoms with E-state index in [2.05, 4.69) is 5.32 Å². The second kappa shape index (κ2) is 6.59. The molecule has 1 amide bonds. The van der Waals surface area contributed by atoms with Crippen molar-refractivity contribution >= 4 is 23.0 Å². The number of carbonyl (C=O) groups is 1. The van der Waals surface area contributed by atoms with E-state index < -0.39 is 0 Å². The zero-order valence-electron chi connectivity index (χ0n) is 12.4. The molecule has 0 atom stereocenters. The third-order valence-corrected chi connectivity index (χ3v) is 3.37. The Balaban J connectivity index is 1.93. The summed E-state index contributed by atoms with van der Waals surface area (Å²) in [6.07, 6.45) is 3.78. The summed E-state index contributed by atoms with van der Waals surface area (Å²) in [5.41, 5.74) is 0.694. The predicted molar refractivity (Wildman–Crippen MR) is 83.7 cm³/mol. The number of fused-ring (bicyclic) bond motifs is 1. The molecule has 1 aromatic heterocycles. The molecular formula is C17H21NO3. The number of para-hydroxylation sites is 1. The predicted octanol–water partition coefficient (Wildman–Crippen LogP) is 2.97. The molecule has 112 valence electrons. The molecule has 0 aliphatic heterocycles. The molecule has 0 aliphatic rings. The zero-order chi connectivity index (χ0) is 15.3. The molecule has 0 fully saturated rings. The third-order valence-electron chi connectivity index (χ3n) is 3.37. The van der Waals surface area contributed by atoms with E-state index in [0.29, 0.717) is 18.7 Å². The number of furan rings is 1. The van der Waals surface area contributed by atoms with Crippen molar-refractivity contribution in [3.05, 3.63) is 42.2 Å². The van der Waals surface area contributed by atoms with Crippen molar-refractivity contribution in [2.24, 2.45) is 5.41 Å². The van der Waals surface area contributed by atoms with Gasteiger partial charge in [-0.1, -0.05) is 32.0 Å². The number of amides is 1. The molecule has 0 unspecified atom stereocenters. The summed E-state index contributed by atoms with van der Waals surface area (Å²) in [7, 11) is 0. The summed E-state index contributed by atoms with van der Waals surface area (Å²) >= 11 is 0. The first-order valence-corrected chi connectivity index (χ1v) is 7.05. The lowest BCUT2D eigenvalue weighted by atomic mass is 9.90. The zero-order valence-corrected chi connectivity index (χ0v) is 12.4. The van der Waals surface area contributed by atoms with E-state index in [-0.39, 0.29) is 17.9 Å². The van der Waals surface area contributed by atoms with Gasteiger partial charge in [0.2, 0.25) is 5.91 Å². The lowest BCUT2D eigenvalue weighted by Gasteiger charge is -2.23. The fourth-order valence-electron chi connectivity index (χ4n) is 2.02. The van der Waals surface area contributed by atoms with E-state index in [0.717, 1.165) is 11.0 Å². The number of benzene rings is 1. The van der Waals surface area contributed by atoms with Crippen LogP contribution >= 0.6 is 0 Å². The second-order valence-corrected chi connectivity index (χ2v) is 5.88. The van der Waals surface area contributed by atoms with Crippen LogP contribution in [0.4, 0.5) is 0 Å². The van der Waals surface area contributed by atoms with Gasteiger partial charge in [0, 0.05) is 24.6 Å². The quantitative estimate of drug-likeness (QED) is 0.803. The summed E-state index contributed by atoms with van der Waals surface area (Å²) in [5.74, 6) is 0.488. The first kappa shape index (κ1) is 15.3. The van der Waals surface area contributed by atoms with Crippen LogP contribution in [0.25, 0.3) is 17.0 Å². The van der Waals surface area contributed by atoms with Crippen LogP contribution in [0.2, 0.25) is 0 Å². The molecule has 4 heteroatoms. The summed E-state index contributed by atoms with van der Waals surface area (Å²) in [6.45, 7) is 4.66. The Kier molecular flexibility index (Phi) is 4.81. The van der Waals surface area contributed by atoms with Crippen molar-refractivity contribution in [1.29, 1.82) is 0 Å². The molecule has 2 N–H and O–H groups in total. The minimum Gasteiger partial charge on any atom is -0.457 e. The number of carbonyl (C=O) groups excluding carboxylic acids is 1. The summed E-state index contributed by atoms with van der Waals surface area (Å²) in [5, 5.41) is 12.8. The summed E-state index contributed by atoms with van der Waals surface area (Å²) < 4.78 is 5.60. The Labute approximate surface area is 124 Å². The summed E-state index contributed by atoms with van der Waals surface area (Å²) in [4.78, 5) is 11.8. The topological polar surface area (TPSA) is 62.5 Å². The minimum absolute atomic E-state index is 0.113. The van der Waals surface area contributed by atoms with E-state index in [1.165, 1.54) is 6.08 Å². The van der Waals surface area contributed by atoms with E-state index >= 15 is 0 Å². The molecule has 0 aliphatic carbocycles. The molecule has 0 bridgehead atoms. The Morgan fingerprint density at radius 1 is 1.38 bits per heavy atom. The lowest BCUT2D eigenvalue weighted by molar-refractivity contribution is -0.116. The highest BCUT2D eigenvalue weighted by Crippen LogP contribution is 2.20. The average Bonchev–Trinajstić information content (AvgIpc) is 2.86. The maximum absolute atomic E-state index is 11.8. The van der Waals surface area contributed by atoms with Crippen LogP contribution in [0, 0.1) is 5.41 Å². The van der Waals surface area contributed by atoms with Crippen LogP contribution in [0.5, 0.6) is 0 Å². The maximum Gasteiger partial charge on any atom is 0.244 e. The number of aliphatic hydroxyl groups is 1. The van der Waals surface area contributed by atoms with E-state index in [1.807, 2.05) is 44.2 Å². The van der Waals surface area contributed by atoms with Gasteiger partial charge >= 0.3 is 0 Å². The van der Waals surface area contributed by atoms with E-state index in [1.54, 1.807) is 6.08 Å². The van der Waals surface area contributed by atoms with Gasteiger partial charge in [0.25, 0.3) is 0 Å². The van der Waals surface area contributed by atoms with Crippen molar-refractivity contribution in [1.82, 2.24) is 5.32 Å². The van der Waals surface area contributed by atoms with Gasteiger partial charge in [-0.05, 0) is 30.0 Å². The number of hydrogen-bond acceptors (Lipinski definition) is 3. The van der Waals surface area contributed by atoms with Gasteiger partial charge < -0.3 is 14.8 Å². The molecule has 0 radical (unpaired) electrons. The minimum atomic E-state index is -0.165. The van der Waals surface area contributed by atoms with Crippen molar-refractivity contribution in [3.63, 3.8) is 0 Å². The number of aliphatic hydroxyl groups excluding tert-OH is 1. The van der Waals surface area contributed by atoms with E-state index in [9.17, 15) is 4.79 Å². The standard InChI is InChI=1S/C17H21NO3/c1-17(2,9-10-19)12-18-16(20)8-7-14-11-13-5-3-4-6-15(13)21-14/h3-8,11,19H,9-10,12H2,1-2H3,(H,18,20)/b8-7+. The van der Waals surface area contributed by atoms with Gasteiger partial charge in [0.1, 0.15) is 11.3 Å². The smallest absolute Gasteiger partial charge is 0.244 e. The Hall–Kier alpha value is -2.07. The van der Waals surface area contributed by atoms with Crippen LogP contribution in [0.15, 0.2) is 40.8 Å². The van der Waals surface area contributed by atoms with Crippen LogP contribution < -0.4 is 5.32 Å². The Morgan fingerprint density at radius 2 is 2.14 bits per heavy atom. The lowest BCUT2D eigenvalue weighted by Crippen LogP contribution is -2.33. The normalized spacial score (nSPS) is 12.1. The fourth-order valence-corrected chi connectivity index (χ4v) is 2.02. The molecule has 1 heterocycles. The fraction of sp³-hybridized carbons (Fsp3) is 0.353. The largest absolute Gasteiger partial charge is 0.457 e. The molecule has 0 saturated carbocycles. The monoisotopic (exact) mass is 287 g/mol. The van der Waals surface area contributed by atoms with Gasteiger partial charge in [-0.3, -0.25) is 4.79 Å². The van der Waals surface area contributed by atoms with Crippen molar-refractivity contribution in [3.8, 4) is 0 Å². The molecule has 1 aromatic carbocycles. The van der Waals surface area contributed by atoms with Gasteiger partial charge in [0.05, 0.1) is 0 Å².